The first kappa shape index (κ1) is 29.5. The Hall–Kier alpha value is -3.01. The fourth-order valence-electron chi connectivity index (χ4n) is 4.17. The van der Waals surface area contributed by atoms with Gasteiger partial charge >= 0.3 is 6.18 Å². The van der Waals surface area contributed by atoms with Crippen molar-refractivity contribution in [3.8, 4) is 23.5 Å². The standard InChI is InChI=1S/C30H32F3N2O2P/c1-2-29(35-19-17-27(34)18-20-38(36)37)26-16-15-25(28(21-26)30(31,32)33)10-6-7-22-11-13-24(14-12-22)23-8-4-3-5-9-23/h1,3-5,8-9,11-16,21,27,36-37H,6-7,10,17-20,34H2/t27-/m1/s1. The number of aryl methyl sites for hydroxylation is 2. The number of hydrogen-bond acceptors (Lipinski definition) is 4. The maximum absolute atomic E-state index is 13.9. The number of terminal acetylenes is 1. The SMILES string of the molecule is C#CC(=NCC[C@@H](N)CCP(O)O)c1ccc(CCCc2ccc(-c3ccccc3)cc2)c(C(F)(F)F)c1. The van der Waals surface area contributed by atoms with Crippen molar-refractivity contribution in [1.29, 1.82) is 0 Å². The van der Waals surface area contributed by atoms with E-state index in [1.807, 2.05) is 54.6 Å². The molecular formula is C30H32F3N2O2P. The third-order valence-corrected chi connectivity index (χ3v) is 6.93. The number of benzene rings is 3. The van der Waals surface area contributed by atoms with Crippen LogP contribution in [0.4, 0.5) is 13.2 Å². The molecule has 0 fully saturated rings. The monoisotopic (exact) mass is 540 g/mol. The van der Waals surface area contributed by atoms with Gasteiger partial charge in [-0.05, 0) is 60.4 Å². The predicted octanol–water partition coefficient (Wildman–Crippen LogP) is 6.37. The first-order valence-corrected chi connectivity index (χ1v) is 13.9. The Bertz CT molecular complexity index is 1240. The topological polar surface area (TPSA) is 78.8 Å². The van der Waals surface area contributed by atoms with Gasteiger partial charge in [-0.1, -0.05) is 72.7 Å². The molecule has 3 aromatic rings. The highest BCUT2D eigenvalue weighted by atomic mass is 31.2. The van der Waals surface area contributed by atoms with Crippen molar-refractivity contribution in [3.05, 3.63) is 95.1 Å². The van der Waals surface area contributed by atoms with Gasteiger partial charge in [0.15, 0.2) is 8.38 Å². The third-order valence-electron chi connectivity index (χ3n) is 6.27. The summed E-state index contributed by atoms with van der Waals surface area (Å²) in [6, 6.07) is 21.9. The van der Waals surface area contributed by atoms with Crippen LogP contribution in [0.5, 0.6) is 0 Å². The molecule has 0 unspecified atom stereocenters. The molecule has 0 saturated heterocycles. The van der Waals surface area contributed by atoms with Gasteiger partial charge in [-0.25, -0.2) is 0 Å². The summed E-state index contributed by atoms with van der Waals surface area (Å²) in [6.07, 6.45) is 3.62. The Balaban J connectivity index is 1.64. The van der Waals surface area contributed by atoms with Crippen LogP contribution in [0.3, 0.4) is 0 Å². The molecule has 4 N–H and O–H groups in total. The number of halogens is 3. The normalized spacial score (nSPS) is 12.9. The highest BCUT2D eigenvalue weighted by Gasteiger charge is 2.33. The number of hydrogen-bond donors (Lipinski definition) is 3. The van der Waals surface area contributed by atoms with Gasteiger partial charge in [0, 0.05) is 24.3 Å². The van der Waals surface area contributed by atoms with Crippen molar-refractivity contribution >= 4 is 14.1 Å². The molecule has 0 amide bonds. The second-order valence-electron chi connectivity index (χ2n) is 9.09. The first-order valence-electron chi connectivity index (χ1n) is 12.4. The molecule has 3 aromatic carbocycles. The molecule has 0 heterocycles. The predicted molar refractivity (Wildman–Crippen MR) is 149 cm³/mol. The fraction of sp³-hybridized carbons (Fsp3) is 0.300. The van der Waals surface area contributed by atoms with Crippen LogP contribution in [0.1, 0.15) is 41.5 Å². The zero-order chi connectivity index (χ0) is 27.5. The smallest absolute Gasteiger partial charge is 0.350 e. The molecular weight excluding hydrogens is 508 g/mol. The molecule has 0 aliphatic carbocycles. The quantitative estimate of drug-likeness (QED) is 0.142. The van der Waals surface area contributed by atoms with Crippen molar-refractivity contribution in [1.82, 2.24) is 0 Å². The van der Waals surface area contributed by atoms with Gasteiger partial charge in [-0.3, -0.25) is 4.99 Å². The molecule has 38 heavy (non-hydrogen) atoms. The van der Waals surface area contributed by atoms with E-state index in [0.717, 1.165) is 22.8 Å². The largest absolute Gasteiger partial charge is 0.416 e. The average molecular weight is 541 g/mol. The summed E-state index contributed by atoms with van der Waals surface area (Å²) in [7, 11) is -2.00. The van der Waals surface area contributed by atoms with Crippen LogP contribution >= 0.6 is 8.38 Å². The molecule has 8 heteroatoms. The molecule has 0 spiro atoms. The summed E-state index contributed by atoms with van der Waals surface area (Å²) in [5, 5.41) is 0. The third kappa shape index (κ3) is 9.08. The van der Waals surface area contributed by atoms with E-state index in [-0.39, 0.29) is 42.0 Å². The molecule has 0 aliphatic heterocycles. The molecule has 0 radical (unpaired) electrons. The highest BCUT2D eigenvalue weighted by molar-refractivity contribution is 7.45. The minimum absolute atomic E-state index is 0.138. The van der Waals surface area contributed by atoms with Crippen molar-refractivity contribution in [2.24, 2.45) is 10.7 Å². The van der Waals surface area contributed by atoms with Crippen LogP contribution < -0.4 is 5.73 Å². The zero-order valence-corrected chi connectivity index (χ0v) is 21.9. The highest BCUT2D eigenvalue weighted by Crippen LogP contribution is 2.34. The zero-order valence-electron chi connectivity index (χ0n) is 21.0. The summed E-state index contributed by atoms with van der Waals surface area (Å²) in [6.45, 7) is 0.238. The Morgan fingerprint density at radius 1 is 0.947 bits per heavy atom. The molecule has 1 atom stereocenters. The van der Waals surface area contributed by atoms with E-state index in [1.54, 1.807) is 6.07 Å². The van der Waals surface area contributed by atoms with Crippen molar-refractivity contribution < 1.29 is 23.0 Å². The summed E-state index contributed by atoms with van der Waals surface area (Å²) in [4.78, 5) is 22.3. The van der Waals surface area contributed by atoms with Crippen LogP contribution in [-0.4, -0.2) is 34.2 Å². The lowest BCUT2D eigenvalue weighted by atomic mass is 9.95. The maximum atomic E-state index is 13.9. The van der Waals surface area contributed by atoms with Crippen LogP contribution in [0.15, 0.2) is 77.8 Å². The molecule has 0 aromatic heterocycles. The van der Waals surface area contributed by atoms with Gasteiger partial charge in [-0.2, -0.15) is 13.2 Å². The van der Waals surface area contributed by atoms with E-state index < -0.39 is 20.1 Å². The van der Waals surface area contributed by atoms with Crippen LogP contribution in [0.2, 0.25) is 0 Å². The first-order chi connectivity index (χ1) is 18.2. The number of nitrogens with zero attached hydrogens (tertiary/aromatic N) is 1. The minimum atomic E-state index is -4.52. The second-order valence-corrected chi connectivity index (χ2v) is 10.3. The van der Waals surface area contributed by atoms with E-state index in [2.05, 4.69) is 10.9 Å². The van der Waals surface area contributed by atoms with Gasteiger partial charge in [-0.15, -0.1) is 6.42 Å². The number of nitrogens with two attached hydrogens (primary N) is 1. The van der Waals surface area contributed by atoms with Gasteiger partial charge in [0.25, 0.3) is 0 Å². The van der Waals surface area contributed by atoms with E-state index in [1.165, 1.54) is 6.07 Å². The van der Waals surface area contributed by atoms with Gasteiger partial charge in [0.1, 0.15) is 5.71 Å². The van der Waals surface area contributed by atoms with Crippen LogP contribution in [0, 0.1) is 12.3 Å². The molecule has 3 rings (SSSR count). The van der Waals surface area contributed by atoms with Gasteiger partial charge < -0.3 is 15.5 Å². The Kier molecular flexibility index (Phi) is 11.1. The Labute approximate surface area is 223 Å². The second kappa shape index (κ2) is 14.2. The van der Waals surface area contributed by atoms with Crippen LogP contribution in [0.25, 0.3) is 11.1 Å². The lowest BCUT2D eigenvalue weighted by Gasteiger charge is -2.15. The number of aliphatic imine (C=N–C) groups is 1. The van der Waals surface area contributed by atoms with Gasteiger partial charge in [0.05, 0.1) is 5.56 Å². The minimum Gasteiger partial charge on any atom is -0.350 e. The van der Waals surface area contributed by atoms with E-state index in [4.69, 9.17) is 21.9 Å². The van der Waals surface area contributed by atoms with Crippen molar-refractivity contribution in [2.45, 2.75) is 44.3 Å². The molecule has 4 nitrogen and oxygen atoms in total. The van der Waals surface area contributed by atoms with Crippen molar-refractivity contribution in [2.75, 3.05) is 12.7 Å². The Morgan fingerprint density at radius 3 is 2.26 bits per heavy atom. The lowest BCUT2D eigenvalue weighted by Crippen LogP contribution is -2.22. The van der Waals surface area contributed by atoms with E-state index in [9.17, 15) is 13.2 Å². The fourth-order valence-corrected chi connectivity index (χ4v) is 4.73. The number of alkyl halides is 3. The molecule has 0 aliphatic rings. The Morgan fingerprint density at radius 2 is 1.63 bits per heavy atom. The molecule has 200 valence electrons. The summed E-state index contributed by atoms with van der Waals surface area (Å²) >= 11 is 0. The van der Waals surface area contributed by atoms with Crippen molar-refractivity contribution in [3.63, 3.8) is 0 Å². The number of rotatable bonds is 12. The summed E-state index contributed by atoms with van der Waals surface area (Å²) in [5.74, 6) is 2.39. The van der Waals surface area contributed by atoms with Gasteiger partial charge in [0.2, 0.25) is 0 Å². The maximum Gasteiger partial charge on any atom is 0.416 e. The molecule has 0 saturated carbocycles. The average Bonchev–Trinajstić information content (AvgIpc) is 2.90. The molecule has 0 bridgehead atoms. The van der Waals surface area contributed by atoms with Crippen LogP contribution in [-0.2, 0) is 19.0 Å². The summed E-state index contributed by atoms with van der Waals surface area (Å²) < 4.78 is 41.7. The lowest BCUT2D eigenvalue weighted by molar-refractivity contribution is -0.138. The van der Waals surface area contributed by atoms with E-state index >= 15 is 0 Å². The van der Waals surface area contributed by atoms with E-state index in [0.29, 0.717) is 25.7 Å². The summed E-state index contributed by atoms with van der Waals surface area (Å²) in [5.41, 5.74) is 9.13.